The van der Waals surface area contributed by atoms with Crippen LogP contribution in [-0.2, 0) is 13.1 Å². The molecule has 5 nitrogen and oxygen atoms in total. The molecule has 3 rings (SSSR count). The molecule has 6 heteroatoms. The minimum atomic E-state index is 0.330. The maximum absolute atomic E-state index is 5.98. The molecule has 2 aromatic heterocycles. The molecular formula is C19H26N4OS. The maximum atomic E-state index is 5.98. The van der Waals surface area contributed by atoms with E-state index in [9.17, 15) is 0 Å². The summed E-state index contributed by atoms with van der Waals surface area (Å²) in [6.45, 7) is 4.30. The molecule has 0 saturated heterocycles. The fourth-order valence-corrected chi connectivity index (χ4v) is 3.53. The molecule has 2 heterocycles. The smallest absolute Gasteiger partial charge is 0.213 e. The Balaban J connectivity index is 1.57. The van der Waals surface area contributed by atoms with Crippen LogP contribution in [0, 0.1) is 0 Å². The van der Waals surface area contributed by atoms with Crippen LogP contribution in [0.15, 0.2) is 40.8 Å². The zero-order valence-electron chi connectivity index (χ0n) is 14.7. The van der Waals surface area contributed by atoms with Crippen LogP contribution in [0.3, 0.4) is 0 Å². The van der Waals surface area contributed by atoms with E-state index in [2.05, 4.69) is 45.0 Å². The molecule has 0 spiro atoms. The van der Waals surface area contributed by atoms with Crippen molar-refractivity contribution in [1.82, 2.24) is 15.6 Å². The lowest BCUT2D eigenvalue weighted by Crippen LogP contribution is -2.36. The number of nitrogens with zero attached hydrogens (tertiary/aromatic N) is 2. The number of nitrogens with one attached hydrogen (secondary N) is 2. The number of ether oxygens (including phenoxy) is 1. The van der Waals surface area contributed by atoms with Crippen molar-refractivity contribution in [1.29, 1.82) is 0 Å². The highest BCUT2D eigenvalue weighted by Crippen LogP contribution is 2.23. The Morgan fingerprint density at radius 2 is 2.20 bits per heavy atom. The lowest BCUT2D eigenvalue weighted by Gasteiger charge is -2.13. The number of hydrogen-bond acceptors (Lipinski definition) is 4. The Bertz CT molecular complexity index is 666. The molecule has 0 aromatic carbocycles. The van der Waals surface area contributed by atoms with E-state index in [1.165, 1.54) is 17.7 Å². The van der Waals surface area contributed by atoms with Gasteiger partial charge in [-0.25, -0.2) is 9.98 Å². The normalized spacial score (nSPS) is 15.3. The van der Waals surface area contributed by atoms with E-state index >= 15 is 0 Å². The Morgan fingerprint density at radius 3 is 2.96 bits per heavy atom. The molecule has 0 bridgehead atoms. The summed E-state index contributed by atoms with van der Waals surface area (Å²) in [4.78, 5) is 10.3. The van der Waals surface area contributed by atoms with Gasteiger partial charge in [-0.2, -0.15) is 0 Å². The summed E-state index contributed by atoms with van der Waals surface area (Å²) >= 11 is 1.74. The summed E-state index contributed by atoms with van der Waals surface area (Å²) in [5, 5.41) is 8.74. The molecule has 25 heavy (non-hydrogen) atoms. The van der Waals surface area contributed by atoms with Crippen LogP contribution in [0.4, 0.5) is 0 Å². The van der Waals surface area contributed by atoms with Crippen LogP contribution in [-0.4, -0.2) is 23.6 Å². The van der Waals surface area contributed by atoms with Crippen molar-refractivity contribution in [2.75, 3.05) is 6.54 Å². The third-order valence-corrected chi connectivity index (χ3v) is 5.04. The van der Waals surface area contributed by atoms with Crippen LogP contribution in [0.1, 0.15) is 43.0 Å². The first-order valence-corrected chi connectivity index (χ1v) is 9.87. The quantitative estimate of drug-likeness (QED) is 0.585. The zero-order valence-corrected chi connectivity index (χ0v) is 15.5. The molecule has 0 radical (unpaired) electrons. The summed E-state index contributed by atoms with van der Waals surface area (Å²) in [6.07, 6.45) is 6.94. The molecule has 1 aliphatic rings. The Kier molecular flexibility index (Phi) is 6.68. The number of rotatable bonds is 7. The second kappa shape index (κ2) is 9.42. The number of thiophene rings is 1. The Morgan fingerprint density at radius 1 is 1.32 bits per heavy atom. The van der Waals surface area contributed by atoms with Gasteiger partial charge in [0.05, 0.1) is 13.1 Å². The zero-order chi connectivity index (χ0) is 17.3. The van der Waals surface area contributed by atoms with E-state index in [4.69, 9.17) is 4.74 Å². The van der Waals surface area contributed by atoms with E-state index < -0.39 is 0 Å². The van der Waals surface area contributed by atoms with Gasteiger partial charge in [-0.1, -0.05) is 6.07 Å². The Labute approximate surface area is 153 Å². The first-order valence-electron chi connectivity index (χ1n) is 8.99. The van der Waals surface area contributed by atoms with E-state index in [-0.39, 0.29) is 0 Å². The molecule has 0 unspecified atom stereocenters. The van der Waals surface area contributed by atoms with Crippen LogP contribution in [0.5, 0.6) is 5.88 Å². The van der Waals surface area contributed by atoms with Crippen molar-refractivity contribution in [2.45, 2.75) is 51.8 Å². The van der Waals surface area contributed by atoms with Crippen LogP contribution >= 0.6 is 11.3 Å². The highest BCUT2D eigenvalue weighted by Gasteiger charge is 2.16. The molecule has 134 valence electrons. The van der Waals surface area contributed by atoms with Crippen molar-refractivity contribution in [2.24, 2.45) is 4.99 Å². The molecule has 0 aliphatic heterocycles. The molecular weight excluding hydrogens is 332 g/mol. The minimum absolute atomic E-state index is 0.330. The fourth-order valence-electron chi connectivity index (χ4n) is 2.89. The van der Waals surface area contributed by atoms with Crippen molar-refractivity contribution in [3.8, 4) is 5.88 Å². The van der Waals surface area contributed by atoms with E-state index in [0.29, 0.717) is 12.6 Å². The predicted octanol–water partition coefficient (Wildman–Crippen LogP) is 3.72. The molecule has 0 amide bonds. The highest BCUT2D eigenvalue weighted by atomic mass is 32.1. The highest BCUT2D eigenvalue weighted by molar-refractivity contribution is 7.09. The maximum Gasteiger partial charge on any atom is 0.213 e. The van der Waals surface area contributed by atoms with E-state index in [0.717, 1.165) is 43.3 Å². The van der Waals surface area contributed by atoms with Crippen molar-refractivity contribution in [3.63, 3.8) is 0 Å². The summed E-state index contributed by atoms with van der Waals surface area (Å²) in [5.41, 5.74) is 1.11. The fraction of sp³-hybridized carbons (Fsp3) is 0.474. The van der Waals surface area contributed by atoms with Gasteiger partial charge >= 0.3 is 0 Å². The SMILES string of the molecule is CCNC(=NCc1ccnc(OC2CCCC2)c1)NCc1cccs1. The molecule has 1 saturated carbocycles. The van der Waals surface area contributed by atoms with Crippen molar-refractivity contribution in [3.05, 3.63) is 46.3 Å². The van der Waals surface area contributed by atoms with Crippen LogP contribution in [0.2, 0.25) is 0 Å². The molecule has 2 aromatic rings. The minimum Gasteiger partial charge on any atom is -0.474 e. The average Bonchev–Trinajstić information content (AvgIpc) is 3.31. The van der Waals surface area contributed by atoms with Crippen molar-refractivity contribution >= 4 is 17.3 Å². The summed E-state index contributed by atoms with van der Waals surface area (Å²) < 4.78 is 5.98. The van der Waals surface area contributed by atoms with Gasteiger partial charge in [0.15, 0.2) is 5.96 Å². The summed E-state index contributed by atoms with van der Waals surface area (Å²) in [7, 11) is 0. The summed E-state index contributed by atoms with van der Waals surface area (Å²) in [5.74, 6) is 1.54. The number of hydrogen-bond donors (Lipinski definition) is 2. The topological polar surface area (TPSA) is 58.5 Å². The van der Waals surface area contributed by atoms with Crippen LogP contribution in [0.25, 0.3) is 0 Å². The average molecular weight is 359 g/mol. The Hall–Kier alpha value is -2.08. The first-order chi connectivity index (χ1) is 12.3. The van der Waals surface area contributed by atoms with Gasteiger partial charge in [0.1, 0.15) is 6.10 Å². The predicted molar refractivity (Wildman–Crippen MR) is 103 cm³/mol. The van der Waals surface area contributed by atoms with Gasteiger partial charge in [0.2, 0.25) is 5.88 Å². The third kappa shape index (κ3) is 5.74. The van der Waals surface area contributed by atoms with Gasteiger partial charge in [0.25, 0.3) is 0 Å². The summed E-state index contributed by atoms with van der Waals surface area (Å²) in [6, 6.07) is 8.18. The second-order valence-electron chi connectivity index (χ2n) is 6.15. The lowest BCUT2D eigenvalue weighted by atomic mass is 10.2. The van der Waals surface area contributed by atoms with Gasteiger partial charge in [-0.15, -0.1) is 11.3 Å². The second-order valence-corrected chi connectivity index (χ2v) is 7.19. The number of pyridine rings is 1. The van der Waals surface area contributed by atoms with Gasteiger partial charge in [-0.3, -0.25) is 0 Å². The van der Waals surface area contributed by atoms with E-state index in [1.807, 2.05) is 12.1 Å². The van der Waals surface area contributed by atoms with Gasteiger partial charge < -0.3 is 15.4 Å². The van der Waals surface area contributed by atoms with Crippen LogP contribution < -0.4 is 15.4 Å². The molecule has 1 fully saturated rings. The first kappa shape index (κ1) is 17.7. The standard InChI is InChI=1S/C19H26N4OS/c1-2-20-19(23-14-17-8-5-11-25-17)22-13-15-9-10-21-18(12-15)24-16-6-3-4-7-16/h5,8-12,16H,2-4,6-7,13-14H2,1H3,(H2,20,22,23). The number of aliphatic imine (C=N–C) groups is 1. The lowest BCUT2D eigenvalue weighted by molar-refractivity contribution is 0.201. The van der Waals surface area contributed by atoms with E-state index in [1.54, 1.807) is 17.5 Å². The molecule has 2 N–H and O–H groups in total. The molecule has 0 atom stereocenters. The van der Waals surface area contributed by atoms with Crippen molar-refractivity contribution < 1.29 is 4.74 Å². The third-order valence-electron chi connectivity index (χ3n) is 4.16. The number of guanidine groups is 1. The van der Waals surface area contributed by atoms with Gasteiger partial charge in [0, 0.05) is 23.7 Å². The molecule has 1 aliphatic carbocycles. The number of aromatic nitrogens is 1. The monoisotopic (exact) mass is 358 g/mol. The largest absolute Gasteiger partial charge is 0.474 e. The van der Waals surface area contributed by atoms with Gasteiger partial charge in [-0.05, 0) is 55.7 Å².